The second kappa shape index (κ2) is 9.09. The summed E-state index contributed by atoms with van der Waals surface area (Å²) in [6, 6.07) is 20.6. The molecule has 1 atom stereocenters. The molecule has 0 saturated carbocycles. The summed E-state index contributed by atoms with van der Waals surface area (Å²) in [7, 11) is 3.16. The monoisotopic (exact) mass is 431 g/mol. The number of carbonyl (C=O) groups excluding carboxylic acids is 3. The molecule has 3 amide bonds. The van der Waals surface area contributed by atoms with Crippen LogP contribution in [0.4, 0.5) is 11.4 Å². The number of nitrogens with zero attached hydrogens (tertiary/aromatic N) is 2. The van der Waals surface area contributed by atoms with E-state index in [0.29, 0.717) is 18.0 Å². The van der Waals surface area contributed by atoms with Gasteiger partial charge in [-0.25, -0.2) is 0 Å². The third-order valence-corrected chi connectivity index (χ3v) is 5.66. The predicted molar refractivity (Wildman–Crippen MR) is 124 cm³/mol. The van der Waals surface area contributed by atoms with Crippen LogP contribution in [0.5, 0.6) is 5.75 Å². The molecule has 3 aromatic rings. The van der Waals surface area contributed by atoms with E-state index >= 15 is 0 Å². The van der Waals surface area contributed by atoms with E-state index in [2.05, 4.69) is 5.32 Å². The van der Waals surface area contributed by atoms with Crippen LogP contribution < -0.4 is 15.0 Å². The highest BCUT2D eigenvalue weighted by atomic mass is 16.5. The van der Waals surface area contributed by atoms with E-state index in [4.69, 9.17) is 4.74 Å². The van der Waals surface area contributed by atoms with Crippen LogP contribution in [0.15, 0.2) is 66.7 Å². The number of rotatable bonds is 6. The highest BCUT2D eigenvalue weighted by Gasteiger charge is 2.37. The number of hydrogen-bond donors (Lipinski definition) is 1. The molecule has 3 aromatic carbocycles. The summed E-state index contributed by atoms with van der Waals surface area (Å²) >= 11 is 0. The molecule has 0 bridgehead atoms. The molecular weight excluding hydrogens is 406 g/mol. The fourth-order valence-electron chi connectivity index (χ4n) is 4.03. The first-order valence-electron chi connectivity index (χ1n) is 10.4. The van der Waals surface area contributed by atoms with Gasteiger partial charge in [-0.3, -0.25) is 14.4 Å². The Labute approximate surface area is 186 Å². The molecule has 1 saturated heterocycles. The summed E-state index contributed by atoms with van der Waals surface area (Å²) in [5.41, 5.74) is 1.43. The molecule has 1 fully saturated rings. The van der Waals surface area contributed by atoms with E-state index < -0.39 is 5.92 Å². The molecule has 0 spiro atoms. The Hall–Kier alpha value is -3.87. The lowest BCUT2D eigenvalue weighted by Crippen LogP contribution is -2.39. The molecule has 0 aliphatic carbocycles. The average molecular weight is 431 g/mol. The van der Waals surface area contributed by atoms with Crippen molar-refractivity contribution in [3.63, 3.8) is 0 Å². The van der Waals surface area contributed by atoms with Gasteiger partial charge >= 0.3 is 0 Å². The van der Waals surface area contributed by atoms with Crippen molar-refractivity contribution >= 4 is 39.9 Å². The number of anilines is 2. The topological polar surface area (TPSA) is 79.0 Å². The Morgan fingerprint density at radius 1 is 1.06 bits per heavy atom. The number of nitrogens with one attached hydrogen (secondary N) is 1. The van der Waals surface area contributed by atoms with Crippen LogP contribution in [0.1, 0.15) is 6.42 Å². The minimum absolute atomic E-state index is 0.0872. The predicted octanol–water partition coefficient (Wildman–Crippen LogP) is 3.30. The molecule has 0 unspecified atom stereocenters. The van der Waals surface area contributed by atoms with Gasteiger partial charge in [-0.15, -0.1) is 0 Å². The second-order valence-corrected chi connectivity index (χ2v) is 7.87. The zero-order chi connectivity index (χ0) is 22.7. The SMILES string of the molecule is COc1ccc(NC(=O)CN(C)C(=O)[C@H]2CC(=O)N(c3cccc4ccccc34)C2)cc1. The fraction of sp³-hybridized carbons (Fsp3) is 0.240. The first kappa shape index (κ1) is 21.4. The van der Waals surface area contributed by atoms with E-state index in [1.807, 2.05) is 42.5 Å². The lowest BCUT2D eigenvalue weighted by atomic mass is 10.1. The second-order valence-electron chi connectivity index (χ2n) is 7.87. The Kier molecular flexibility index (Phi) is 6.07. The van der Waals surface area contributed by atoms with Crippen LogP contribution in [0, 0.1) is 5.92 Å². The minimum atomic E-state index is -0.486. The van der Waals surface area contributed by atoms with Crippen LogP contribution in [-0.2, 0) is 14.4 Å². The third-order valence-electron chi connectivity index (χ3n) is 5.66. The van der Waals surface area contributed by atoms with Gasteiger partial charge in [-0.1, -0.05) is 36.4 Å². The number of amides is 3. The number of likely N-dealkylation sites (N-methyl/N-ethyl adjacent to an activating group) is 1. The highest BCUT2D eigenvalue weighted by molar-refractivity contribution is 6.07. The van der Waals surface area contributed by atoms with Gasteiger partial charge in [0.1, 0.15) is 5.75 Å². The summed E-state index contributed by atoms with van der Waals surface area (Å²) in [6.07, 6.45) is 0.131. The van der Waals surface area contributed by atoms with Crippen LogP contribution in [-0.4, -0.2) is 49.9 Å². The molecule has 7 nitrogen and oxygen atoms in total. The molecular formula is C25H25N3O4. The van der Waals surface area contributed by atoms with Crippen molar-refractivity contribution < 1.29 is 19.1 Å². The average Bonchev–Trinajstić information content (AvgIpc) is 3.19. The number of fused-ring (bicyclic) bond motifs is 1. The molecule has 4 rings (SSSR count). The molecule has 7 heteroatoms. The van der Waals surface area contributed by atoms with Gasteiger partial charge < -0.3 is 19.9 Å². The fourth-order valence-corrected chi connectivity index (χ4v) is 4.03. The number of carbonyl (C=O) groups is 3. The zero-order valence-corrected chi connectivity index (χ0v) is 18.1. The number of methoxy groups -OCH3 is 1. The first-order chi connectivity index (χ1) is 15.5. The molecule has 32 heavy (non-hydrogen) atoms. The number of benzene rings is 3. The van der Waals surface area contributed by atoms with Crippen molar-refractivity contribution in [2.45, 2.75) is 6.42 Å². The number of hydrogen-bond acceptors (Lipinski definition) is 4. The zero-order valence-electron chi connectivity index (χ0n) is 18.1. The van der Waals surface area contributed by atoms with Crippen molar-refractivity contribution in [3.8, 4) is 5.75 Å². The summed E-state index contributed by atoms with van der Waals surface area (Å²) < 4.78 is 5.10. The molecule has 1 N–H and O–H groups in total. The van der Waals surface area contributed by atoms with Crippen molar-refractivity contribution in [3.05, 3.63) is 66.7 Å². The molecule has 164 valence electrons. The maximum Gasteiger partial charge on any atom is 0.243 e. The lowest BCUT2D eigenvalue weighted by molar-refractivity contribution is -0.137. The van der Waals surface area contributed by atoms with Gasteiger partial charge in [0.25, 0.3) is 0 Å². The van der Waals surface area contributed by atoms with Crippen molar-refractivity contribution in [1.82, 2.24) is 4.90 Å². The Bertz CT molecular complexity index is 1150. The maximum absolute atomic E-state index is 13.0. The Morgan fingerprint density at radius 2 is 1.78 bits per heavy atom. The first-order valence-corrected chi connectivity index (χ1v) is 10.4. The summed E-state index contributed by atoms with van der Waals surface area (Å²) in [5.74, 6) is -0.403. The quantitative estimate of drug-likeness (QED) is 0.650. The standard InChI is InChI=1S/C25H25N3O4/c1-27(16-23(29)26-19-10-12-20(32-2)13-11-19)25(31)18-14-24(30)28(15-18)22-9-5-7-17-6-3-4-8-21(17)22/h3-13,18H,14-16H2,1-2H3,(H,26,29)/t18-/m0/s1. The molecule has 1 heterocycles. The largest absolute Gasteiger partial charge is 0.497 e. The van der Waals surface area contributed by atoms with E-state index in [1.54, 1.807) is 43.3 Å². The Morgan fingerprint density at radius 3 is 2.53 bits per heavy atom. The normalized spacial score (nSPS) is 15.6. The lowest BCUT2D eigenvalue weighted by Gasteiger charge is -2.22. The van der Waals surface area contributed by atoms with E-state index in [0.717, 1.165) is 16.5 Å². The summed E-state index contributed by atoms with van der Waals surface area (Å²) in [6.45, 7) is 0.208. The Balaban J connectivity index is 1.40. The molecule has 0 aromatic heterocycles. The van der Waals surface area contributed by atoms with Crippen LogP contribution >= 0.6 is 0 Å². The highest BCUT2D eigenvalue weighted by Crippen LogP contribution is 2.32. The summed E-state index contributed by atoms with van der Waals surface area (Å²) in [5, 5.41) is 4.78. The minimum Gasteiger partial charge on any atom is -0.497 e. The molecule has 1 aliphatic rings. The van der Waals surface area contributed by atoms with Crippen LogP contribution in [0.3, 0.4) is 0 Å². The summed E-state index contributed by atoms with van der Waals surface area (Å²) in [4.78, 5) is 41.1. The van der Waals surface area contributed by atoms with E-state index in [-0.39, 0.29) is 30.7 Å². The number of ether oxygens (including phenoxy) is 1. The van der Waals surface area contributed by atoms with E-state index in [9.17, 15) is 14.4 Å². The van der Waals surface area contributed by atoms with Gasteiger partial charge in [0.2, 0.25) is 17.7 Å². The van der Waals surface area contributed by atoms with Gasteiger partial charge in [0.05, 0.1) is 25.3 Å². The maximum atomic E-state index is 13.0. The van der Waals surface area contributed by atoms with Crippen LogP contribution in [0.2, 0.25) is 0 Å². The van der Waals surface area contributed by atoms with Crippen molar-refractivity contribution in [2.24, 2.45) is 5.92 Å². The molecule has 0 radical (unpaired) electrons. The van der Waals surface area contributed by atoms with Crippen molar-refractivity contribution in [1.29, 1.82) is 0 Å². The van der Waals surface area contributed by atoms with Gasteiger partial charge in [-0.2, -0.15) is 0 Å². The van der Waals surface area contributed by atoms with Crippen molar-refractivity contribution in [2.75, 3.05) is 37.5 Å². The van der Waals surface area contributed by atoms with Crippen LogP contribution in [0.25, 0.3) is 10.8 Å². The van der Waals surface area contributed by atoms with Gasteiger partial charge in [0, 0.05) is 31.1 Å². The smallest absolute Gasteiger partial charge is 0.243 e. The van der Waals surface area contributed by atoms with Gasteiger partial charge in [0.15, 0.2) is 0 Å². The van der Waals surface area contributed by atoms with E-state index in [1.165, 1.54) is 4.90 Å². The molecule has 1 aliphatic heterocycles. The van der Waals surface area contributed by atoms with Gasteiger partial charge in [-0.05, 0) is 35.7 Å². The third kappa shape index (κ3) is 4.42.